The van der Waals surface area contributed by atoms with Crippen molar-refractivity contribution < 1.29 is 38.1 Å². The van der Waals surface area contributed by atoms with Crippen molar-refractivity contribution >= 4 is 11.9 Å². The second-order valence-corrected chi connectivity index (χ2v) is 6.89. The molecule has 0 unspecified atom stereocenters. The topological polar surface area (TPSA) is 109 Å². The van der Waals surface area contributed by atoms with Crippen LogP contribution in [0.25, 0.3) is 6.08 Å². The summed E-state index contributed by atoms with van der Waals surface area (Å²) in [5.74, 6) is 0.874. The van der Waals surface area contributed by atoms with Gasteiger partial charge in [0.1, 0.15) is 10.1 Å². The molecule has 0 saturated carbocycles. The SMILES string of the molecule is CC1=C(N2CCOCC2)[N+](O[Cl+3]([O-])([O-])[O-])=C2c3ccccc3C=CN2N1. The third-order valence-corrected chi connectivity index (χ3v) is 4.61. The Morgan fingerprint density at radius 3 is 2.65 bits per heavy atom. The molecule has 138 valence electrons. The van der Waals surface area contributed by atoms with E-state index in [-0.39, 0.29) is 0 Å². The van der Waals surface area contributed by atoms with E-state index in [1.165, 1.54) is 0 Å². The Hall–Kier alpha value is -2.30. The minimum Gasteiger partial charge on any atom is -0.375 e. The molecule has 4 rings (SSSR count). The number of allylic oxidation sites excluding steroid dienone is 1. The summed E-state index contributed by atoms with van der Waals surface area (Å²) < 4.78 is 45.6. The number of benzene rings is 1. The Balaban J connectivity index is 1.89. The van der Waals surface area contributed by atoms with Gasteiger partial charge in [0.05, 0.1) is 42.8 Å². The van der Waals surface area contributed by atoms with Gasteiger partial charge in [-0.15, -0.1) is 0 Å². The van der Waals surface area contributed by atoms with Gasteiger partial charge < -0.3 is 4.74 Å². The van der Waals surface area contributed by atoms with Crippen molar-refractivity contribution in [3.63, 3.8) is 0 Å². The lowest BCUT2D eigenvalue weighted by Crippen LogP contribution is -2.64. The second kappa shape index (κ2) is 6.45. The number of rotatable bonds is 3. The van der Waals surface area contributed by atoms with Crippen molar-refractivity contribution in [3.05, 3.63) is 53.1 Å². The summed E-state index contributed by atoms with van der Waals surface area (Å²) in [6, 6.07) is 7.46. The Labute approximate surface area is 152 Å². The van der Waals surface area contributed by atoms with Crippen LogP contribution in [0, 0.1) is 10.2 Å². The van der Waals surface area contributed by atoms with Gasteiger partial charge in [0.2, 0.25) is 0 Å². The van der Waals surface area contributed by atoms with Gasteiger partial charge in [0, 0.05) is 0 Å². The summed E-state index contributed by atoms with van der Waals surface area (Å²) in [7, 11) is -4.68. The lowest BCUT2D eigenvalue weighted by Gasteiger charge is -2.33. The third kappa shape index (κ3) is 3.11. The average molecular weight is 382 g/mol. The van der Waals surface area contributed by atoms with E-state index in [0.29, 0.717) is 43.7 Å². The molecule has 10 heteroatoms. The molecule has 1 aromatic rings. The molecule has 9 nitrogen and oxygen atoms in total. The fourth-order valence-corrected chi connectivity index (χ4v) is 3.57. The molecule has 1 fully saturated rings. The first-order chi connectivity index (χ1) is 12.4. The van der Waals surface area contributed by atoms with Gasteiger partial charge in [0.15, 0.2) is 10.2 Å². The average Bonchev–Trinajstić information content (AvgIpc) is 2.60. The zero-order chi connectivity index (χ0) is 18.3. The Kier molecular flexibility index (Phi) is 4.25. The number of morpholine rings is 1. The van der Waals surface area contributed by atoms with Crippen LogP contribution in [0.5, 0.6) is 0 Å². The highest BCUT2D eigenvalue weighted by Crippen LogP contribution is 2.26. The van der Waals surface area contributed by atoms with E-state index in [1.54, 1.807) is 18.1 Å². The Morgan fingerprint density at radius 2 is 1.92 bits per heavy atom. The highest BCUT2D eigenvalue weighted by Gasteiger charge is 2.45. The minimum atomic E-state index is -4.68. The predicted octanol–water partition coefficient (Wildman–Crippen LogP) is -2.40. The zero-order valence-corrected chi connectivity index (χ0v) is 14.8. The third-order valence-electron chi connectivity index (χ3n) is 4.31. The summed E-state index contributed by atoms with van der Waals surface area (Å²) in [5, 5.41) is 1.63. The van der Waals surface area contributed by atoms with Crippen molar-refractivity contribution in [3.8, 4) is 0 Å². The molecule has 0 radical (unpaired) electrons. The smallest absolute Gasteiger partial charge is 0.312 e. The minimum absolute atomic E-state index is 0.405. The van der Waals surface area contributed by atoms with Crippen molar-refractivity contribution in [1.29, 1.82) is 0 Å². The monoisotopic (exact) mass is 381 g/mol. The molecule has 1 aromatic carbocycles. The molecule has 26 heavy (non-hydrogen) atoms. The van der Waals surface area contributed by atoms with Gasteiger partial charge in [-0.2, -0.15) is 19.0 Å². The molecule has 0 aliphatic carbocycles. The number of hydrogen-bond donors (Lipinski definition) is 1. The van der Waals surface area contributed by atoms with Gasteiger partial charge in [-0.1, -0.05) is 18.2 Å². The van der Waals surface area contributed by atoms with E-state index >= 15 is 0 Å². The molecule has 1 saturated heterocycles. The number of hydrazine groups is 1. The van der Waals surface area contributed by atoms with E-state index in [1.807, 2.05) is 35.2 Å². The molecule has 1 N–H and O–H groups in total. The van der Waals surface area contributed by atoms with Crippen LogP contribution in [-0.2, 0) is 9.13 Å². The fraction of sp³-hybridized carbons (Fsp3) is 0.312. The lowest BCUT2D eigenvalue weighted by atomic mass is 10.0. The number of fused-ring (bicyclic) bond motifs is 3. The van der Waals surface area contributed by atoms with E-state index in [4.69, 9.17) is 9.13 Å². The maximum Gasteiger partial charge on any atom is 0.312 e. The van der Waals surface area contributed by atoms with Gasteiger partial charge in [-0.05, 0) is 24.6 Å². The van der Waals surface area contributed by atoms with Crippen LogP contribution < -0.4 is 19.4 Å². The van der Waals surface area contributed by atoms with E-state index < -0.39 is 10.2 Å². The van der Waals surface area contributed by atoms with Crippen molar-refractivity contribution in [2.24, 2.45) is 0 Å². The van der Waals surface area contributed by atoms with Crippen LogP contribution in [0.2, 0.25) is 0 Å². The number of nitrogens with zero attached hydrogens (tertiary/aromatic N) is 3. The first-order valence-electron chi connectivity index (χ1n) is 8.09. The maximum absolute atomic E-state index is 11.4. The molecule has 3 heterocycles. The fourth-order valence-electron chi connectivity index (χ4n) is 3.27. The van der Waals surface area contributed by atoms with Crippen LogP contribution >= 0.6 is 0 Å². The molecular formula is C16H18ClN4O5+. The summed E-state index contributed by atoms with van der Waals surface area (Å²) in [4.78, 5) is 1.93. The summed E-state index contributed by atoms with van der Waals surface area (Å²) >= 11 is 0. The molecule has 0 atom stereocenters. The van der Waals surface area contributed by atoms with Crippen molar-refractivity contribution in [2.45, 2.75) is 6.92 Å². The van der Waals surface area contributed by atoms with E-state index in [2.05, 4.69) is 5.43 Å². The molecule has 0 amide bonds. The molecule has 3 aliphatic rings. The normalized spacial score (nSPS) is 20.0. The van der Waals surface area contributed by atoms with Crippen molar-refractivity contribution in [1.82, 2.24) is 15.3 Å². The molecule has 0 aromatic heterocycles. The van der Waals surface area contributed by atoms with E-state index in [9.17, 15) is 14.0 Å². The van der Waals surface area contributed by atoms with Crippen LogP contribution in [-0.4, -0.2) is 46.8 Å². The highest BCUT2D eigenvalue weighted by atomic mass is 35.7. The van der Waals surface area contributed by atoms with Gasteiger partial charge in [-0.25, -0.2) is 5.43 Å². The predicted molar refractivity (Wildman–Crippen MR) is 81.0 cm³/mol. The summed E-state index contributed by atoms with van der Waals surface area (Å²) in [5.41, 5.74) is 5.48. The molecule has 0 spiro atoms. The number of halogens is 1. The Bertz CT molecular complexity index is 811. The number of hydroxylamine groups is 1. The van der Waals surface area contributed by atoms with Gasteiger partial charge in [-0.3, -0.25) is 4.90 Å². The molecule has 0 bridgehead atoms. The largest absolute Gasteiger partial charge is 0.375 e. The van der Waals surface area contributed by atoms with Crippen LogP contribution in [0.1, 0.15) is 18.1 Å². The maximum atomic E-state index is 11.4. The number of amidine groups is 1. The van der Waals surface area contributed by atoms with Gasteiger partial charge in [0.25, 0.3) is 0 Å². The first-order valence-corrected chi connectivity index (χ1v) is 9.32. The Morgan fingerprint density at radius 1 is 1.19 bits per heavy atom. The highest BCUT2D eigenvalue weighted by molar-refractivity contribution is 6.01. The molecule has 3 aliphatic heterocycles. The summed E-state index contributed by atoms with van der Waals surface area (Å²) in [6.45, 7) is 3.90. The van der Waals surface area contributed by atoms with Crippen LogP contribution in [0.15, 0.2) is 42.0 Å². The standard InChI is InChI=1S/C16H18ClN4O5/c1-12-15(19-8-10-25-11-9-19)21(26-17(22,23)24)16-14-5-3-2-4-13(14)6-7-20(16)18-12/h2-7,18H,8-11H2,1H3/q+1. The second-order valence-electron chi connectivity index (χ2n) is 6.00. The summed E-state index contributed by atoms with van der Waals surface area (Å²) in [6.07, 6.45) is 3.64. The number of hydrogen-bond acceptors (Lipinski definition) is 8. The quantitative estimate of drug-likeness (QED) is 0.577. The number of ether oxygens (including phenoxy) is 1. The molecular weight excluding hydrogens is 364 g/mol. The first kappa shape index (κ1) is 17.1. The lowest BCUT2D eigenvalue weighted by molar-refractivity contribution is -1.94. The van der Waals surface area contributed by atoms with Crippen LogP contribution in [0.4, 0.5) is 0 Å². The van der Waals surface area contributed by atoms with Gasteiger partial charge >= 0.3 is 11.7 Å². The number of nitrogens with one attached hydrogen (secondary N) is 1. The van der Waals surface area contributed by atoms with Crippen molar-refractivity contribution in [2.75, 3.05) is 26.3 Å². The zero-order valence-electron chi connectivity index (χ0n) is 14.1. The van der Waals surface area contributed by atoms with Crippen LogP contribution in [0.3, 0.4) is 0 Å². The van der Waals surface area contributed by atoms with E-state index in [0.717, 1.165) is 15.9 Å².